The summed E-state index contributed by atoms with van der Waals surface area (Å²) in [4.78, 5) is 11.7. The molecule has 0 aliphatic carbocycles. The Hall–Kier alpha value is -1.45. The van der Waals surface area contributed by atoms with Gasteiger partial charge < -0.3 is 9.84 Å². The number of aliphatic hydroxyl groups is 1. The van der Waals surface area contributed by atoms with Crippen molar-refractivity contribution in [3.63, 3.8) is 0 Å². The number of aromatic amines is 1. The van der Waals surface area contributed by atoms with Gasteiger partial charge in [-0.25, -0.2) is 17.9 Å². The molecule has 120 valence electrons. The van der Waals surface area contributed by atoms with Gasteiger partial charge in [-0.3, -0.25) is 5.10 Å². The molecule has 0 amide bonds. The van der Waals surface area contributed by atoms with E-state index in [0.29, 0.717) is 0 Å². The number of H-pyrrole nitrogens is 1. The molecular formula is C12H21N3O5S. The molecule has 1 unspecified atom stereocenters. The van der Waals surface area contributed by atoms with Crippen LogP contribution in [0.25, 0.3) is 0 Å². The van der Waals surface area contributed by atoms with Crippen molar-refractivity contribution in [2.24, 2.45) is 5.92 Å². The van der Waals surface area contributed by atoms with E-state index < -0.39 is 22.0 Å². The normalized spacial score (nSPS) is 13.4. The monoisotopic (exact) mass is 319 g/mol. The van der Waals surface area contributed by atoms with Crippen molar-refractivity contribution >= 4 is 16.0 Å². The van der Waals surface area contributed by atoms with Gasteiger partial charge in [0.1, 0.15) is 5.56 Å². The second-order valence-electron chi connectivity index (χ2n) is 4.82. The first-order valence-corrected chi connectivity index (χ1v) is 8.15. The van der Waals surface area contributed by atoms with Gasteiger partial charge in [-0.1, -0.05) is 13.8 Å². The number of rotatable bonds is 8. The second kappa shape index (κ2) is 7.53. The summed E-state index contributed by atoms with van der Waals surface area (Å²) in [6, 6.07) is -0.446. The Labute approximate surface area is 123 Å². The van der Waals surface area contributed by atoms with Gasteiger partial charge in [0.2, 0.25) is 0 Å². The Morgan fingerprint density at radius 3 is 2.71 bits per heavy atom. The molecule has 3 N–H and O–H groups in total. The Bertz CT molecular complexity index is 567. The lowest BCUT2D eigenvalue weighted by Crippen LogP contribution is -2.39. The van der Waals surface area contributed by atoms with Crippen molar-refractivity contribution in [3.05, 3.63) is 11.8 Å². The third kappa shape index (κ3) is 4.51. The lowest BCUT2D eigenvalue weighted by Gasteiger charge is -2.21. The Balaban J connectivity index is 3.03. The number of sulfonamides is 1. The predicted octanol–water partition coefficient (Wildman–Crippen LogP) is 0.272. The summed E-state index contributed by atoms with van der Waals surface area (Å²) >= 11 is 0. The summed E-state index contributed by atoms with van der Waals surface area (Å²) in [6.07, 6.45) is 1.39. The van der Waals surface area contributed by atoms with E-state index in [1.807, 2.05) is 13.8 Å². The van der Waals surface area contributed by atoms with Gasteiger partial charge in [0.15, 0.2) is 5.03 Å². The number of hydrogen-bond donors (Lipinski definition) is 3. The number of nitrogens with zero attached hydrogens (tertiary/aromatic N) is 1. The van der Waals surface area contributed by atoms with Crippen molar-refractivity contribution in [1.29, 1.82) is 0 Å². The zero-order valence-electron chi connectivity index (χ0n) is 12.3. The van der Waals surface area contributed by atoms with Gasteiger partial charge in [-0.2, -0.15) is 5.10 Å². The molecule has 0 aromatic carbocycles. The summed E-state index contributed by atoms with van der Waals surface area (Å²) in [5.74, 6) is -0.768. The molecule has 1 atom stereocenters. The van der Waals surface area contributed by atoms with Crippen molar-refractivity contribution in [2.75, 3.05) is 13.2 Å². The Morgan fingerprint density at radius 2 is 2.19 bits per heavy atom. The quantitative estimate of drug-likeness (QED) is 0.591. The van der Waals surface area contributed by atoms with Gasteiger partial charge in [0, 0.05) is 12.6 Å². The van der Waals surface area contributed by atoms with Crippen LogP contribution >= 0.6 is 0 Å². The molecule has 1 aromatic rings. The second-order valence-corrected chi connectivity index (χ2v) is 6.47. The molecule has 0 radical (unpaired) electrons. The van der Waals surface area contributed by atoms with Crippen molar-refractivity contribution in [3.8, 4) is 0 Å². The Morgan fingerprint density at radius 1 is 1.52 bits per heavy atom. The lowest BCUT2D eigenvalue weighted by molar-refractivity contribution is 0.0521. The van der Waals surface area contributed by atoms with E-state index >= 15 is 0 Å². The molecule has 0 spiro atoms. The number of aromatic nitrogens is 2. The third-order valence-electron chi connectivity index (χ3n) is 2.92. The first kappa shape index (κ1) is 17.6. The highest BCUT2D eigenvalue weighted by Crippen LogP contribution is 2.16. The highest BCUT2D eigenvalue weighted by Gasteiger charge is 2.29. The molecule has 9 heteroatoms. The number of nitrogens with one attached hydrogen (secondary N) is 2. The molecule has 1 rings (SSSR count). The molecule has 0 saturated carbocycles. The van der Waals surface area contributed by atoms with E-state index in [9.17, 15) is 13.2 Å². The molecule has 1 aromatic heterocycles. The fourth-order valence-corrected chi connectivity index (χ4v) is 3.26. The summed E-state index contributed by atoms with van der Waals surface area (Å²) < 4.78 is 31.9. The van der Waals surface area contributed by atoms with Crippen LogP contribution in [-0.2, 0) is 14.8 Å². The largest absolute Gasteiger partial charge is 0.462 e. The highest BCUT2D eigenvalue weighted by atomic mass is 32.2. The number of ether oxygens (including phenoxy) is 1. The average Bonchev–Trinajstić information content (AvgIpc) is 2.88. The summed E-state index contributed by atoms with van der Waals surface area (Å²) in [6.45, 7) is 5.29. The Kier molecular flexibility index (Phi) is 6.31. The summed E-state index contributed by atoms with van der Waals surface area (Å²) in [5, 5.41) is 14.6. The molecule has 0 fully saturated rings. The fraction of sp³-hybridized carbons (Fsp3) is 0.667. The third-order valence-corrected chi connectivity index (χ3v) is 4.38. The van der Waals surface area contributed by atoms with Crippen LogP contribution in [0.2, 0.25) is 0 Å². The van der Waals surface area contributed by atoms with Crippen LogP contribution in [0.4, 0.5) is 0 Å². The number of aliphatic hydroxyl groups excluding tert-OH is 1. The molecule has 0 aliphatic heterocycles. The molecule has 8 nitrogen and oxygen atoms in total. The molecule has 1 heterocycles. The van der Waals surface area contributed by atoms with E-state index in [0.717, 1.165) is 6.20 Å². The van der Waals surface area contributed by atoms with Gasteiger partial charge in [-0.05, 0) is 19.3 Å². The minimum Gasteiger partial charge on any atom is -0.462 e. The minimum absolute atomic E-state index is 0.0131. The van der Waals surface area contributed by atoms with Crippen LogP contribution in [0.3, 0.4) is 0 Å². The first-order chi connectivity index (χ1) is 9.83. The summed E-state index contributed by atoms with van der Waals surface area (Å²) in [7, 11) is -3.96. The molecular weight excluding hydrogens is 298 g/mol. The SMILES string of the molecule is CCOC(=O)c1cn[nH]c1S(=O)(=O)NC(CCO)C(C)C. The van der Waals surface area contributed by atoms with Gasteiger partial charge in [-0.15, -0.1) is 0 Å². The van der Waals surface area contributed by atoms with Crippen molar-refractivity contribution in [1.82, 2.24) is 14.9 Å². The van der Waals surface area contributed by atoms with Gasteiger partial charge >= 0.3 is 5.97 Å². The van der Waals surface area contributed by atoms with E-state index in [1.54, 1.807) is 6.92 Å². The number of carbonyl (C=O) groups excluding carboxylic acids is 1. The van der Waals surface area contributed by atoms with E-state index in [2.05, 4.69) is 14.9 Å². The number of carbonyl (C=O) groups is 1. The highest BCUT2D eigenvalue weighted by molar-refractivity contribution is 7.89. The average molecular weight is 319 g/mol. The number of esters is 1. The molecule has 0 bridgehead atoms. The van der Waals surface area contributed by atoms with Crippen LogP contribution in [-0.4, -0.2) is 48.9 Å². The first-order valence-electron chi connectivity index (χ1n) is 6.67. The number of hydrogen-bond acceptors (Lipinski definition) is 6. The van der Waals surface area contributed by atoms with E-state index in [4.69, 9.17) is 9.84 Å². The van der Waals surface area contributed by atoms with E-state index in [-0.39, 0.29) is 36.1 Å². The minimum atomic E-state index is -3.96. The van der Waals surface area contributed by atoms with Gasteiger partial charge in [0.05, 0.1) is 12.8 Å². The van der Waals surface area contributed by atoms with Crippen LogP contribution in [0.5, 0.6) is 0 Å². The van der Waals surface area contributed by atoms with Crippen LogP contribution in [0.1, 0.15) is 37.6 Å². The maximum Gasteiger partial charge on any atom is 0.342 e. The predicted molar refractivity (Wildman–Crippen MR) is 75.2 cm³/mol. The summed E-state index contributed by atoms with van der Waals surface area (Å²) in [5.41, 5.74) is -0.143. The smallest absolute Gasteiger partial charge is 0.342 e. The standard InChI is InChI=1S/C12H21N3O5S/c1-4-20-12(17)9-7-13-14-11(9)21(18,19)15-10(5-6-16)8(2)3/h7-8,10,15-16H,4-6H2,1-3H3,(H,13,14). The van der Waals surface area contributed by atoms with Crippen LogP contribution in [0.15, 0.2) is 11.2 Å². The van der Waals surface area contributed by atoms with Crippen LogP contribution in [0, 0.1) is 5.92 Å². The fourth-order valence-electron chi connectivity index (χ4n) is 1.76. The molecule has 0 saturated heterocycles. The zero-order chi connectivity index (χ0) is 16.0. The zero-order valence-corrected chi connectivity index (χ0v) is 13.1. The van der Waals surface area contributed by atoms with Crippen molar-refractivity contribution < 1.29 is 23.1 Å². The van der Waals surface area contributed by atoms with Gasteiger partial charge in [0.25, 0.3) is 10.0 Å². The molecule has 21 heavy (non-hydrogen) atoms. The van der Waals surface area contributed by atoms with Crippen molar-refractivity contribution in [2.45, 2.75) is 38.3 Å². The lowest BCUT2D eigenvalue weighted by atomic mass is 10.0. The topological polar surface area (TPSA) is 121 Å². The maximum atomic E-state index is 12.3. The molecule has 0 aliphatic rings. The van der Waals surface area contributed by atoms with Crippen LogP contribution < -0.4 is 4.72 Å². The van der Waals surface area contributed by atoms with E-state index in [1.165, 1.54) is 0 Å². The maximum absolute atomic E-state index is 12.3.